The Morgan fingerprint density at radius 2 is 2.00 bits per heavy atom. The number of hydrogen-bond donors (Lipinski definition) is 3. The van der Waals surface area contributed by atoms with Gasteiger partial charge in [-0.15, -0.1) is 0 Å². The normalized spacial score (nSPS) is 22.5. The third-order valence-electron chi connectivity index (χ3n) is 7.91. The number of rotatable bonds is 8. The molecule has 2 aromatic heterocycles. The van der Waals surface area contributed by atoms with E-state index in [-0.39, 0.29) is 29.0 Å². The van der Waals surface area contributed by atoms with Gasteiger partial charge in [0, 0.05) is 42.1 Å². The van der Waals surface area contributed by atoms with Crippen LogP contribution in [0.4, 0.5) is 17.2 Å². The van der Waals surface area contributed by atoms with Crippen molar-refractivity contribution in [2.24, 2.45) is 11.7 Å². The lowest BCUT2D eigenvalue weighted by Gasteiger charge is -2.30. The van der Waals surface area contributed by atoms with E-state index in [0.717, 1.165) is 62.7 Å². The minimum atomic E-state index is -0.629. The van der Waals surface area contributed by atoms with Crippen molar-refractivity contribution in [3.05, 3.63) is 48.4 Å². The molecule has 2 saturated carbocycles. The third kappa shape index (κ3) is 4.49. The average Bonchev–Trinajstić information content (AvgIpc) is 3.28. The highest BCUT2D eigenvalue weighted by molar-refractivity contribution is 6.01. The van der Waals surface area contributed by atoms with E-state index in [1.165, 1.54) is 6.20 Å². The molecule has 198 valence electrons. The van der Waals surface area contributed by atoms with Crippen molar-refractivity contribution in [1.82, 2.24) is 14.8 Å². The minimum absolute atomic E-state index is 0.0288. The monoisotopic (exact) mass is 516 g/mol. The van der Waals surface area contributed by atoms with Gasteiger partial charge in [0.2, 0.25) is 5.91 Å². The fourth-order valence-electron chi connectivity index (χ4n) is 5.85. The zero-order valence-electron chi connectivity index (χ0n) is 21.4. The fourth-order valence-corrected chi connectivity index (χ4v) is 5.85. The number of primary amides is 1. The van der Waals surface area contributed by atoms with E-state index in [1.54, 1.807) is 13.2 Å². The first-order chi connectivity index (χ1) is 18.5. The van der Waals surface area contributed by atoms with Crippen LogP contribution in [0.15, 0.2) is 42.9 Å². The standard InChI is InChI=1S/C28H32N6O4/c1-37-25-19(18-14-31-34(16-18)23-7-3-10-28(23)11-4-12-38-28)5-2-6-21(25)32-22-13-24(30-15-20(22)26(29)35)33-27(36)17-8-9-17/h2,5-6,13-17,23H,3-4,7-12H2,1H3,(H2,29,35)(H2,30,32,33,36)/t23?,28-/m1/s1. The number of nitrogens with two attached hydrogens (primary N) is 1. The molecule has 2 aliphatic carbocycles. The van der Waals surface area contributed by atoms with Crippen molar-refractivity contribution in [3.8, 4) is 16.9 Å². The molecule has 1 aliphatic heterocycles. The first-order valence-electron chi connectivity index (χ1n) is 13.2. The van der Waals surface area contributed by atoms with Crippen LogP contribution in [0.2, 0.25) is 0 Å². The number of hydrogen-bond acceptors (Lipinski definition) is 7. The number of carbonyl (C=O) groups is 2. The van der Waals surface area contributed by atoms with Gasteiger partial charge in [0.1, 0.15) is 11.6 Å². The molecular formula is C28H32N6O4. The number of methoxy groups -OCH3 is 1. The molecule has 10 heteroatoms. The van der Waals surface area contributed by atoms with E-state index in [2.05, 4.69) is 26.5 Å². The highest BCUT2D eigenvalue weighted by Crippen LogP contribution is 2.48. The molecule has 10 nitrogen and oxygen atoms in total. The molecule has 1 unspecified atom stereocenters. The van der Waals surface area contributed by atoms with Crippen molar-refractivity contribution < 1.29 is 19.1 Å². The summed E-state index contributed by atoms with van der Waals surface area (Å²) in [6.07, 6.45) is 12.5. The first-order valence-corrected chi connectivity index (χ1v) is 13.2. The fraction of sp³-hybridized carbons (Fsp3) is 0.429. The zero-order chi connectivity index (χ0) is 26.3. The summed E-state index contributed by atoms with van der Waals surface area (Å²) in [5, 5.41) is 10.8. The quantitative estimate of drug-likeness (QED) is 0.404. The van der Waals surface area contributed by atoms with Gasteiger partial charge in [0.05, 0.1) is 41.9 Å². The summed E-state index contributed by atoms with van der Waals surface area (Å²) in [7, 11) is 1.61. The topological polar surface area (TPSA) is 133 Å². The van der Waals surface area contributed by atoms with Crippen molar-refractivity contribution in [1.29, 1.82) is 0 Å². The van der Waals surface area contributed by atoms with Crippen molar-refractivity contribution in [3.63, 3.8) is 0 Å². The summed E-state index contributed by atoms with van der Waals surface area (Å²) in [5.41, 5.74) is 8.58. The van der Waals surface area contributed by atoms with Crippen molar-refractivity contribution in [2.75, 3.05) is 24.4 Å². The molecule has 0 bridgehead atoms. The van der Waals surface area contributed by atoms with E-state index in [1.807, 2.05) is 24.4 Å². The Kier molecular flexibility index (Phi) is 6.27. The van der Waals surface area contributed by atoms with Gasteiger partial charge >= 0.3 is 0 Å². The molecule has 2 amide bonds. The molecule has 1 spiro atoms. The number of benzene rings is 1. The predicted octanol–water partition coefficient (Wildman–Crippen LogP) is 4.42. The van der Waals surface area contributed by atoms with Gasteiger partial charge in [-0.1, -0.05) is 12.1 Å². The second kappa shape index (κ2) is 9.75. The van der Waals surface area contributed by atoms with Crippen LogP contribution in [0.25, 0.3) is 11.1 Å². The van der Waals surface area contributed by atoms with Crippen LogP contribution >= 0.6 is 0 Å². The maximum absolute atomic E-state index is 12.2. The summed E-state index contributed by atoms with van der Waals surface area (Å²) in [4.78, 5) is 28.6. The lowest BCUT2D eigenvalue weighted by Crippen LogP contribution is -2.34. The first kappa shape index (κ1) is 24.4. The van der Waals surface area contributed by atoms with Crippen LogP contribution in [0.3, 0.4) is 0 Å². The van der Waals surface area contributed by atoms with Crippen LogP contribution in [0, 0.1) is 5.92 Å². The number of anilines is 3. The summed E-state index contributed by atoms with van der Waals surface area (Å²) in [5.74, 6) is 0.280. The lowest BCUT2D eigenvalue weighted by atomic mass is 9.94. The Labute approximate surface area is 220 Å². The highest BCUT2D eigenvalue weighted by Gasteiger charge is 2.47. The number of carbonyl (C=O) groups excluding carboxylic acids is 2. The molecule has 38 heavy (non-hydrogen) atoms. The number of aromatic nitrogens is 3. The molecule has 1 aromatic carbocycles. The smallest absolute Gasteiger partial charge is 0.252 e. The van der Waals surface area contributed by atoms with E-state index in [9.17, 15) is 9.59 Å². The molecule has 1 saturated heterocycles. The second-order valence-electron chi connectivity index (χ2n) is 10.4. The second-order valence-corrected chi connectivity index (χ2v) is 10.4. The number of ether oxygens (including phenoxy) is 2. The van der Waals surface area contributed by atoms with Crippen LogP contribution in [0.1, 0.15) is 61.3 Å². The Morgan fingerprint density at radius 3 is 2.74 bits per heavy atom. The predicted molar refractivity (Wildman–Crippen MR) is 142 cm³/mol. The molecule has 6 rings (SSSR count). The van der Waals surface area contributed by atoms with Gasteiger partial charge in [0.25, 0.3) is 5.91 Å². The van der Waals surface area contributed by atoms with Crippen LogP contribution in [0.5, 0.6) is 5.75 Å². The third-order valence-corrected chi connectivity index (χ3v) is 7.91. The minimum Gasteiger partial charge on any atom is -0.494 e. The summed E-state index contributed by atoms with van der Waals surface area (Å²) in [6.45, 7) is 0.820. The van der Waals surface area contributed by atoms with Crippen molar-refractivity contribution in [2.45, 2.75) is 56.6 Å². The van der Waals surface area contributed by atoms with Gasteiger partial charge in [-0.25, -0.2) is 4.98 Å². The Morgan fingerprint density at radius 1 is 1.16 bits per heavy atom. The summed E-state index contributed by atoms with van der Waals surface area (Å²) >= 11 is 0. The van der Waals surface area contributed by atoms with Gasteiger partial charge in [0.15, 0.2) is 0 Å². The molecule has 3 fully saturated rings. The lowest BCUT2D eigenvalue weighted by molar-refractivity contribution is -0.117. The Balaban J connectivity index is 1.30. The molecule has 3 heterocycles. The summed E-state index contributed by atoms with van der Waals surface area (Å²) in [6, 6.07) is 7.59. The van der Waals surface area contributed by atoms with Crippen LogP contribution < -0.4 is 21.1 Å². The van der Waals surface area contributed by atoms with Gasteiger partial charge in [-0.3, -0.25) is 14.3 Å². The molecule has 0 radical (unpaired) electrons. The van der Waals surface area contributed by atoms with Gasteiger partial charge < -0.3 is 25.8 Å². The largest absolute Gasteiger partial charge is 0.494 e. The molecule has 4 N–H and O–H groups in total. The number of pyridine rings is 1. The molecule has 3 aliphatic rings. The van der Waals surface area contributed by atoms with Gasteiger partial charge in [-0.05, 0) is 51.0 Å². The van der Waals surface area contributed by atoms with E-state index < -0.39 is 5.91 Å². The number of nitrogens with one attached hydrogen (secondary N) is 2. The maximum atomic E-state index is 12.2. The van der Waals surface area contributed by atoms with Crippen molar-refractivity contribution >= 4 is 29.0 Å². The van der Waals surface area contributed by atoms with Crippen LogP contribution in [-0.4, -0.2) is 45.9 Å². The number of amides is 2. The van der Waals surface area contributed by atoms with E-state index >= 15 is 0 Å². The Hall–Kier alpha value is -3.92. The SMILES string of the molecule is COc1c(Nc2cc(NC(=O)C3CC3)ncc2C(N)=O)cccc1-c1cnn(C2CCC[C@@]23CCCO3)c1. The van der Waals surface area contributed by atoms with Crippen LogP contribution in [-0.2, 0) is 9.53 Å². The maximum Gasteiger partial charge on any atom is 0.252 e. The molecular weight excluding hydrogens is 484 g/mol. The zero-order valence-corrected chi connectivity index (χ0v) is 21.4. The van der Waals surface area contributed by atoms with E-state index in [0.29, 0.717) is 22.9 Å². The summed E-state index contributed by atoms with van der Waals surface area (Å²) < 4.78 is 14.1. The number of nitrogens with zero attached hydrogens (tertiary/aromatic N) is 3. The average molecular weight is 517 g/mol. The van der Waals surface area contributed by atoms with E-state index in [4.69, 9.17) is 20.3 Å². The Bertz CT molecular complexity index is 1370. The number of para-hydroxylation sites is 1. The molecule has 2 atom stereocenters. The highest BCUT2D eigenvalue weighted by atomic mass is 16.5. The molecule has 3 aromatic rings. The van der Waals surface area contributed by atoms with Gasteiger partial charge in [-0.2, -0.15) is 5.10 Å².